The molecule has 0 aliphatic rings. The molecule has 0 amide bonds. The molecule has 2 aromatic heterocycles. The lowest BCUT2D eigenvalue weighted by atomic mass is 10.1. The number of anilines is 1. The molecule has 0 saturated carbocycles. The standard InChI is InChI=1S/C30H28ClN5O5S/c31-26-5-1-2-6-28(26)40-20-29-34-30(35-41-29)22-9-13-25(14-10-22)42(38,39)36-24-11-7-21(8-12-24)15-17-33-19-27(37)23-4-3-16-32-18-23/h1-14,16,18,27,33,36-37H,15,17,19-20H2. The summed E-state index contributed by atoms with van der Waals surface area (Å²) in [5.74, 6) is 1.06. The second kappa shape index (κ2) is 13.6. The lowest BCUT2D eigenvalue weighted by Crippen LogP contribution is -2.23. The van der Waals surface area contributed by atoms with Gasteiger partial charge in [0, 0.05) is 35.8 Å². The van der Waals surface area contributed by atoms with Gasteiger partial charge in [-0.2, -0.15) is 4.98 Å². The Morgan fingerprint density at radius 1 is 0.976 bits per heavy atom. The number of nitrogens with zero attached hydrogens (tertiary/aromatic N) is 3. The normalized spacial score (nSPS) is 12.1. The Bertz CT molecular complexity index is 1700. The Balaban J connectivity index is 1.11. The van der Waals surface area contributed by atoms with Crippen molar-refractivity contribution in [2.24, 2.45) is 0 Å². The van der Waals surface area contributed by atoms with Crippen molar-refractivity contribution >= 4 is 27.3 Å². The summed E-state index contributed by atoms with van der Waals surface area (Å²) < 4.78 is 39.4. The highest BCUT2D eigenvalue weighted by atomic mass is 35.5. The number of aliphatic hydroxyl groups is 1. The van der Waals surface area contributed by atoms with E-state index < -0.39 is 16.1 Å². The molecular formula is C30H28ClN5O5S. The Kier molecular flexibility index (Phi) is 9.45. The van der Waals surface area contributed by atoms with Gasteiger partial charge in [0.2, 0.25) is 5.82 Å². The van der Waals surface area contributed by atoms with Gasteiger partial charge in [0.1, 0.15) is 5.75 Å². The SMILES string of the molecule is O=S(=O)(Nc1ccc(CCNCC(O)c2cccnc2)cc1)c1ccc(-c2noc(COc3ccccc3Cl)n2)cc1. The maximum absolute atomic E-state index is 13.0. The van der Waals surface area contributed by atoms with Gasteiger partial charge >= 0.3 is 0 Å². The molecule has 5 aromatic rings. The molecule has 3 N–H and O–H groups in total. The van der Waals surface area contributed by atoms with E-state index in [2.05, 4.69) is 25.2 Å². The summed E-state index contributed by atoms with van der Waals surface area (Å²) in [5, 5.41) is 17.9. The van der Waals surface area contributed by atoms with Gasteiger partial charge in [0.15, 0.2) is 6.61 Å². The summed E-state index contributed by atoms with van der Waals surface area (Å²) in [7, 11) is -3.81. The summed E-state index contributed by atoms with van der Waals surface area (Å²) in [5.41, 5.74) is 2.83. The molecule has 0 bridgehead atoms. The number of hydrogen-bond acceptors (Lipinski definition) is 9. The van der Waals surface area contributed by atoms with Gasteiger partial charge in [-0.3, -0.25) is 9.71 Å². The van der Waals surface area contributed by atoms with Crippen molar-refractivity contribution < 1.29 is 22.8 Å². The van der Waals surface area contributed by atoms with Gasteiger partial charge in [-0.1, -0.05) is 47.1 Å². The van der Waals surface area contributed by atoms with Crippen molar-refractivity contribution in [2.45, 2.75) is 24.0 Å². The molecule has 10 nitrogen and oxygen atoms in total. The number of halogens is 1. The third-order valence-corrected chi connectivity index (χ3v) is 7.99. The second-order valence-corrected chi connectivity index (χ2v) is 11.4. The van der Waals surface area contributed by atoms with E-state index in [-0.39, 0.29) is 17.4 Å². The number of nitrogens with one attached hydrogen (secondary N) is 2. The number of rotatable bonds is 13. The average Bonchev–Trinajstić information content (AvgIpc) is 3.49. The van der Waals surface area contributed by atoms with Gasteiger partial charge in [-0.25, -0.2) is 8.42 Å². The molecule has 0 aliphatic carbocycles. The van der Waals surface area contributed by atoms with Crippen LogP contribution in [0.15, 0.2) is 107 Å². The first-order valence-electron chi connectivity index (χ1n) is 13.1. The van der Waals surface area contributed by atoms with Gasteiger partial charge in [-0.15, -0.1) is 0 Å². The molecule has 3 aromatic carbocycles. The highest BCUT2D eigenvalue weighted by molar-refractivity contribution is 7.92. The Hall–Kier alpha value is -4.29. The number of aromatic nitrogens is 3. The van der Waals surface area contributed by atoms with E-state index in [0.29, 0.717) is 40.9 Å². The average molecular weight is 606 g/mol. The Morgan fingerprint density at radius 3 is 2.50 bits per heavy atom. The molecule has 1 atom stereocenters. The van der Waals surface area contributed by atoms with Crippen LogP contribution in [0.25, 0.3) is 11.4 Å². The molecule has 216 valence electrons. The van der Waals surface area contributed by atoms with Crippen molar-refractivity contribution in [1.82, 2.24) is 20.4 Å². The monoisotopic (exact) mass is 605 g/mol. The van der Waals surface area contributed by atoms with Crippen LogP contribution in [0.2, 0.25) is 5.02 Å². The molecule has 12 heteroatoms. The summed E-state index contributed by atoms with van der Waals surface area (Å²) in [6, 6.07) is 24.0. The molecule has 0 saturated heterocycles. The zero-order chi connectivity index (χ0) is 29.4. The van der Waals surface area contributed by atoms with Gasteiger partial charge in [0.25, 0.3) is 15.9 Å². The molecule has 42 heavy (non-hydrogen) atoms. The molecule has 1 unspecified atom stereocenters. The topological polar surface area (TPSA) is 139 Å². The number of hydrogen-bond donors (Lipinski definition) is 3. The second-order valence-electron chi connectivity index (χ2n) is 9.31. The van der Waals surface area contributed by atoms with E-state index in [9.17, 15) is 13.5 Å². The summed E-state index contributed by atoms with van der Waals surface area (Å²) in [4.78, 5) is 8.42. The fourth-order valence-corrected chi connectivity index (χ4v) is 5.28. The maximum Gasteiger partial charge on any atom is 0.264 e. The lowest BCUT2D eigenvalue weighted by molar-refractivity contribution is 0.174. The van der Waals surface area contributed by atoms with Crippen LogP contribution in [-0.4, -0.2) is 41.7 Å². The van der Waals surface area contributed by atoms with Gasteiger partial charge in [-0.05, 0) is 73.1 Å². The largest absolute Gasteiger partial charge is 0.482 e. The minimum absolute atomic E-state index is 0.0394. The molecule has 0 radical (unpaired) electrons. The molecule has 2 heterocycles. The first-order valence-corrected chi connectivity index (χ1v) is 14.9. The zero-order valence-electron chi connectivity index (χ0n) is 22.4. The minimum Gasteiger partial charge on any atom is -0.482 e. The molecule has 0 spiro atoms. The van der Waals surface area contributed by atoms with E-state index in [4.69, 9.17) is 20.9 Å². The van der Waals surface area contributed by atoms with Crippen LogP contribution in [-0.2, 0) is 23.1 Å². The molecule has 5 rings (SSSR count). The van der Waals surface area contributed by atoms with Crippen LogP contribution in [0.3, 0.4) is 0 Å². The number of ether oxygens (including phenoxy) is 1. The predicted molar refractivity (Wildman–Crippen MR) is 159 cm³/mol. The fraction of sp³-hybridized carbons (Fsp3) is 0.167. The number of sulfonamides is 1. The van der Waals surface area contributed by atoms with E-state index in [0.717, 1.165) is 17.5 Å². The summed E-state index contributed by atoms with van der Waals surface area (Å²) in [6.07, 6.45) is 3.40. The molecule has 0 aliphatic heterocycles. The highest BCUT2D eigenvalue weighted by Gasteiger charge is 2.16. The Labute approximate surface area is 248 Å². The Morgan fingerprint density at radius 2 is 1.76 bits per heavy atom. The predicted octanol–water partition coefficient (Wildman–Crippen LogP) is 5.03. The zero-order valence-corrected chi connectivity index (χ0v) is 23.9. The van der Waals surface area contributed by atoms with E-state index in [1.807, 2.05) is 18.2 Å². The minimum atomic E-state index is -3.81. The van der Waals surface area contributed by atoms with Crippen LogP contribution in [0.4, 0.5) is 5.69 Å². The van der Waals surface area contributed by atoms with Crippen molar-refractivity contribution in [3.8, 4) is 17.1 Å². The van der Waals surface area contributed by atoms with Crippen molar-refractivity contribution in [2.75, 3.05) is 17.8 Å². The van der Waals surface area contributed by atoms with Crippen molar-refractivity contribution in [3.05, 3.63) is 119 Å². The number of pyridine rings is 1. The number of benzene rings is 3. The highest BCUT2D eigenvalue weighted by Crippen LogP contribution is 2.25. The van der Waals surface area contributed by atoms with Crippen LogP contribution >= 0.6 is 11.6 Å². The number of aliphatic hydroxyl groups excluding tert-OH is 1. The van der Waals surface area contributed by atoms with Gasteiger partial charge < -0.3 is 19.7 Å². The first-order chi connectivity index (χ1) is 20.4. The third-order valence-electron chi connectivity index (χ3n) is 6.28. The van der Waals surface area contributed by atoms with Gasteiger partial charge in [0.05, 0.1) is 16.0 Å². The van der Waals surface area contributed by atoms with E-state index in [1.54, 1.807) is 67.0 Å². The van der Waals surface area contributed by atoms with E-state index >= 15 is 0 Å². The van der Waals surface area contributed by atoms with Crippen LogP contribution < -0.4 is 14.8 Å². The van der Waals surface area contributed by atoms with Crippen LogP contribution in [0.5, 0.6) is 5.75 Å². The third kappa shape index (κ3) is 7.71. The fourth-order valence-electron chi connectivity index (χ4n) is 4.03. The van der Waals surface area contributed by atoms with Crippen molar-refractivity contribution in [3.63, 3.8) is 0 Å². The van der Waals surface area contributed by atoms with Crippen molar-refractivity contribution in [1.29, 1.82) is 0 Å². The van der Waals surface area contributed by atoms with Crippen LogP contribution in [0, 0.1) is 0 Å². The first kappa shape index (κ1) is 29.2. The smallest absolute Gasteiger partial charge is 0.264 e. The van der Waals surface area contributed by atoms with Crippen LogP contribution in [0.1, 0.15) is 23.1 Å². The quantitative estimate of drug-likeness (QED) is 0.158. The summed E-state index contributed by atoms with van der Waals surface area (Å²) in [6.45, 7) is 1.11. The molecule has 0 fully saturated rings. The van der Waals surface area contributed by atoms with E-state index in [1.165, 1.54) is 12.1 Å². The summed E-state index contributed by atoms with van der Waals surface area (Å²) >= 11 is 6.09. The lowest BCUT2D eigenvalue weighted by Gasteiger charge is -2.12. The maximum atomic E-state index is 13.0. The number of para-hydroxylation sites is 1. The molecular weight excluding hydrogens is 578 g/mol.